The molecule has 0 radical (unpaired) electrons. The van der Waals surface area contributed by atoms with Gasteiger partial charge < -0.3 is 15.3 Å². The molecule has 1 atom stereocenters. The lowest BCUT2D eigenvalue weighted by atomic mass is 9.79. The zero-order valence-electron chi connectivity index (χ0n) is 12.1. The van der Waals surface area contributed by atoms with Crippen LogP contribution in [-0.2, 0) is 0 Å². The number of hydrogen-bond donors (Lipinski definition) is 2. The van der Waals surface area contributed by atoms with E-state index in [9.17, 15) is 4.79 Å². The third-order valence-corrected chi connectivity index (χ3v) is 4.08. The van der Waals surface area contributed by atoms with Gasteiger partial charge in [0.05, 0.1) is 12.6 Å². The van der Waals surface area contributed by atoms with Crippen molar-refractivity contribution >= 4 is 6.03 Å². The highest BCUT2D eigenvalue weighted by Gasteiger charge is 2.24. The maximum Gasteiger partial charge on any atom is 0.317 e. The van der Waals surface area contributed by atoms with Crippen LogP contribution in [0.3, 0.4) is 0 Å². The van der Waals surface area contributed by atoms with Crippen LogP contribution in [0.15, 0.2) is 30.3 Å². The lowest BCUT2D eigenvalue weighted by molar-refractivity contribution is 0.182. The highest BCUT2D eigenvalue weighted by molar-refractivity contribution is 5.74. The summed E-state index contributed by atoms with van der Waals surface area (Å²) < 4.78 is 0. The lowest BCUT2D eigenvalue weighted by Crippen LogP contribution is -2.41. The minimum absolute atomic E-state index is 0.0114. The Bertz CT molecular complexity index is 418. The third kappa shape index (κ3) is 3.97. The zero-order chi connectivity index (χ0) is 14.4. The van der Waals surface area contributed by atoms with Crippen LogP contribution in [0.2, 0.25) is 0 Å². The van der Waals surface area contributed by atoms with E-state index in [0.717, 1.165) is 17.9 Å². The van der Waals surface area contributed by atoms with Gasteiger partial charge in [0.2, 0.25) is 0 Å². The second-order valence-corrected chi connectivity index (χ2v) is 5.59. The summed E-state index contributed by atoms with van der Waals surface area (Å²) in [5, 5.41) is 12.0. The molecule has 0 bridgehead atoms. The third-order valence-electron chi connectivity index (χ3n) is 4.08. The molecule has 1 aliphatic rings. The van der Waals surface area contributed by atoms with E-state index < -0.39 is 0 Å². The van der Waals surface area contributed by atoms with Crippen LogP contribution in [0.25, 0.3) is 0 Å². The molecule has 1 saturated carbocycles. The van der Waals surface area contributed by atoms with Gasteiger partial charge in [0.1, 0.15) is 0 Å². The maximum atomic E-state index is 12.1. The molecule has 1 aromatic rings. The van der Waals surface area contributed by atoms with Crippen LogP contribution in [0.4, 0.5) is 4.79 Å². The summed E-state index contributed by atoms with van der Waals surface area (Å²) in [6.45, 7) is 0.347. The van der Waals surface area contributed by atoms with Gasteiger partial charge in [0, 0.05) is 13.6 Å². The first-order valence-electron chi connectivity index (χ1n) is 7.38. The van der Waals surface area contributed by atoms with Gasteiger partial charge in [0.25, 0.3) is 0 Å². The number of nitrogens with one attached hydrogen (secondary N) is 1. The van der Waals surface area contributed by atoms with Gasteiger partial charge in [-0.1, -0.05) is 49.6 Å². The Labute approximate surface area is 120 Å². The minimum Gasteiger partial charge on any atom is -0.395 e. The van der Waals surface area contributed by atoms with Crippen molar-refractivity contribution < 1.29 is 9.90 Å². The van der Waals surface area contributed by atoms with E-state index in [1.165, 1.54) is 24.2 Å². The van der Waals surface area contributed by atoms with Crippen molar-refractivity contribution in [3.05, 3.63) is 35.9 Å². The standard InChI is InChI=1S/C16H24N2O2/c1-18(10-11-19)16(20)17-15(12-13-6-5-7-13)14-8-3-2-4-9-14/h2-4,8-9,13,15,19H,5-7,10-12H2,1H3,(H,17,20)/t15-/m1/s1. The monoisotopic (exact) mass is 276 g/mol. The number of nitrogens with zero attached hydrogens (tertiary/aromatic N) is 1. The molecular formula is C16H24N2O2. The van der Waals surface area contributed by atoms with E-state index in [-0.39, 0.29) is 18.7 Å². The zero-order valence-corrected chi connectivity index (χ0v) is 12.1. The highest BCUT2D eigenvalue weighted by Crippen LogP contribution is 2.34. The maximum absolute atomic E-state index is 12.1. The minimum atomic E-state index is -0.118. The van der Waals surface area contributed by atoms with Crippen LogP contribution >= 0.6 is 0 Å². The fourth-order valence-electron chi connectivity index (χ4n) is 2.54. The molecule has 0 aliphatic heterocycles. The molecule has 2 rings (SSSR count). The molecule has 0 spiro atoms. The smallest absolute Gasteiger partial charge is 0.317 e. The Morgan fingerprint density at radius 2 is 2.10 bits per heavy atom. The topological polar surface area (TPSA) is 52.6 Å². The van der Waals surface area contributed by atoms with E-state index in [4.69, 9.17) is 5.11 Å². The first kappa shape index (κ1) is 14.9. The molecule has 0 saturated heterocycles. The second kappa shape index (κ2) is 7.29. The molecule has 0 heterocycles. The number of amides is 2. The number of aliphatic hydroxyl groups is 1. The summed E-state index contributed by atoms with van der Waals surface area (Å²) in [5.41, 5.74) is 1.16. The van der Waals surface area contributed by atoms with Crippen molar-refractivity contribution in [1.29, 1.82) is 0 Å². The summed E-state index contributed by atoms with van der Waals surface area (Å²) in [7, 11) is 1.71. The number of benzene rings is 1. The van der Waals surface area contributed by atoms with Gasteiger partial charge in [-0.25, -0.2) is 4.79 Å². The van der Waals surface area contributed by atoms with Crippen LogP contribution in [0, 0.1) is 5.92 Å². The SMILES string of the molecule is CN(CCO)C(=O)N[C@H](CC1CCC1)c1ccccc1. The average Bonchev–Trinajstić information content (AvgIpc) is 2.42. The molecule has 2 N–H and O–H groups in total. The Balaban J connectivity index is 2.00. The van der Waals surface area contributed by atoms with Crippen molar-refractivity contribution in [3.8, 4) is 0 Å². The normalized spacial score (nSPS) is 16.3. The Morgan fingerprint density at radius 3 is 2.65 bits per heavy atom. The number of aliphatic hydroxyl groups excluding tert-OH is 1. The molecule has 0 unspecified atom stereocenters. The predicted octanol–water partition coefficient (Wildman–Crippen LogP) is 2.55. The fraction of sp³-hybridized carbons (Fsp3) is 0.562. The number of hydrogen-bond acceptors (Lipinski definition) is 2. The molecule has 1 fully saturated rings. The van der Waals surface area contributed by atoms with Gasteiger partial charge in [-0.15, -0.1) is 0 Å². The van der Waals surface area contributed by atoms with E-state index in [1.807, 2.05) is 18.2 Å². The van der Waals surface area contributed by atoms with Gasteiger partial charge in [-0.3, -0.25) is 0 Å². The second-order valence-electron chi connectivity index (χ2n) is 5.59. The highest BCUT2D eigenvalue weighted by atomic mass is 16.3. The van der Waals surface area contributed by atoms with Gasteiger partial charge >= 0.3 is 6.03 Å². The largest absolute Gasteiger partial charge is 0.395 e. The molecule has 1 aromatic carbocycles. The molecular weight excluding hydrogens is 252 g/mol. The van der Waals surface area contributed by atoms with Crippen LogP contribution in [0.5, 0.6) is 0 Å². The first-order valence-corrected chi connectivity index (χ1v) is 7.38. The van der Waals surface area contributed by atoms with Crippen molar-refractivity contribution in [2.24, 2.45) is 5.92 Å². The quantitative estimate of drug-likeness (QED) is 0.839. The molecule has 0 aromatic heterocycles. The summed E-state index contributed by atoms with van der Waals surface area (Å²) in [5.74, 6) is 0.726. The van der Waals surface area contributed by atoms with Crippen molar-refractivity contribution in [2.75, 3.05) is 20.2 Å². The summed E-state index contributed by atoms with van der Waals surface area (Å²) in [6, 6.07) is 10.1. The lowest BCUT2D eigenvalue weighted by Gasteiger charge is -2.31. The summed E-state index contributed by atoms with van der Waals surface area (Å²) in [6.07, 6.45) is 4.85. The van der Waals surface area contributed by atoms with Gasteiger partial charge in [-0.2, -0.15) is 0 Å². The molecule has 20 heavy (non-hydrogen) atoms. The van der Waals surface area contributed by atoms with E-state index in [1.54, 1.807) is 7.05 Å². The number of urea groups is 1. The Morgan fingerprint density at radius 1 is 1.40 bits per heavy atom. The van der Waals surface area contributed by atoms with E-state index in [2.05, 4.69) is 17.4 Å². The molecule has 110 valence electrons. The van der Waals surface area contributed by atoms with Crippen molar-refractivity contribution in [2.45, 2.75) is 31.7 Å². The van der Waals surface area contributed by atoms with Crippen molar-refractivity contribution in [3.63, 3.8) is 0 Å². The number of rotatable bonds is 6. The number of likely N-dealkylation sites (N-methyl/N-ethyl adjacent to an activating group) is 1. The van der Waals surface area contributed by atoms with Crippen LogP contribution in [-0.4, -0.2) is 36.2 Å². The number of carbonyl (C=O) groups is 1. The Kier molecular flexibility index (Phi) is 5.41. The predicted molar refractivity (Wildman–Crippen MR) is 79.4 cm³/mol. The van der Waals surface area contributed by atoms with E-state index >= 15 is 0 Å². The van der Waals surface area contributed by atoms with Crippen molar-refractivity contribution in [1.82, 2.24) is 10.2 Å². The van der Waals surface area contributed by atoms with Crippen LogP contribution in [0.1, 0.15) is 37.3 Å². The van der Waals surface area contributed by atoms with E-state index in [0.29, 0.717) is 6.54 Å². The van der Waals surface area contributed by atoms with Gasteiger partial charge in [-0.05, 0) is 17.9 Å². The molecule has 2 amide bonds. The Hall–Kier alpha value is -1.55. The molecule has 1 aliphatic carbocycles. The molecule has 4 heteroatoms. The summed E-state index contributed by atoms with van der Waals surface area (Å²) in [4.78, 5) is 13.6. The summed E-state index contributed by atoms with van der Waals surface area (Å²) >= 11 is 0. The number of carbonyl (C=O) groups excluding carboxylic acids is 1. The molecule has 4 nitrogen and oxygen atoms in total. The first-order chi connectivity index (χ1) is 9.70. The van der Waals surface area contributed by atoms with Gasteiger partial charge in [0.15, 0.2) is 0 Å². The average molecular weight is 276 g/mol. The fourth-order valence-corrected chi connectivity index (χ4v) is 2.54. The van der Waals surface area contributed by atoms with Crippen LogP contribution < -0.4 is 5.32 Å².